The molecular formula is C13H17NO2. The summed E-state index contributed by atoms with van der Waals surface area (Å²) in [5, 5.41) is 0. The van der Waals surface area contributed by atoms with E-state index in [-0.39, 0.29) is 17.9 Å². The standard InChI is InChI=1S/C13H17NO2/c14-12-7-6-11(15)8-13(12)16-9-10-4-2-1-3-5-10/h1-5,12-13H,6-9,14H2. The molecule has 0 saturated heterocycles. The quantitative estimate of drug-likeness (QED) is 0.841. The van der Waals surface area contributed by atoms with Gasteiger partial charge in [0.25, 0.3) is 0 Å². The molecule has 1 aromatic rings. The van der Waals surface area contributed by atoms with Crippen molar-refractivity contribution in [2.75, 3.05) is 0 Å². The minimum absolute atomic E-state index is 0.00131. The number of hydrogen-bond donors (Lipinski definition) is 1. The highest BCUT2D eigenvalue weighted by Gasteiger charge is 2.27. The Labute approximate surface area is 95.6 Å². The van der Waals surface area contributed by atoms with Gasteiger partial charge in [-0.2, -0.15) is 0 Å². The van der Waals surface area contributed by atoms with Gasteiger partial charge < -0.3 is 10.5 Å². The molecule has 0 aromatic heterocycles. The Balaban J connectivity index is 1.87. The summed E-state index contributed by atoms with van der Waals surface area (Å²) >= 11 is 0. The summed E-state index contributed by atoms with van der Waals surface area (Å²) in [7, 11) is 0. The van der Waals surface area contributed by atoms with Crippen LogP contribution in [0, 0.1) is 0 Å². The molecule has 3 heteroatoms. The van der Waals surface area contributed by atoms with Gasteiger partial charge in [0.05, 0.1) is 12.7 Å². The monoisotopic (exact) mass is 219 g/mol. The lowest BCUT2D eigenvalue weighted by molar-refractivity contribution is -0.125. The second-order valence-electron chi connectivity index (χ2n) is 4.28. The molecule has 1 aliphatic carbocycles. The molecule has 0 bridgehead atoms. The molecular weight excluding hydrogens is 202 g/mol. The first-order valence-corrected chi connectivity index (χ1v) is 5.68. The number of nitrogens with two attached hydrogens (primary N) is 1. The van der Waals surface area contributed by atoms with Gasteiger partial charge in [-0.15, -0.1) is 0 Å². The van der Waals surface area contributed by atoms with E-state index in [2.05, 4.69) is 0 Å². The fraction of sp³-hybridized carbons (Fsp3) is 0.462. The smallest absolute Gasteiger partial charge is 0.135 e. The van der Waals surface area contributed by atoms with Gasteiger partial charge >= 0.3 is 0 Å². The number of carbonyl (C=O) groups excluding carboxylic acids is 1. The van der Waals surface area contributed by atoms with Gasteiger partial charge in [0, 0.05) is 18.9 Å². The van der Waals surface area contributed by atoms with Gasteiger partial charge in [-0.25, -0.2) is 0 Å². The summed E-state index contributed by atoms with van der Waals surface area (Å²) in [5.41, 5.74) is 7.05. The van der Waals surface area contributed by atoms with Crippen LogP contribution in [0.15, 0.2) is 30.3 Å². The fourth-order valence-corrected chi connectivity index (χ4v) is 1.95. The molecule has 1 saturated carbocycles. The van der Waals surface area contributed by atoms with Crippen LogP contribution in [0.5, 0.6) is 0 Å². The number of ether oxygens (including phenoxy) is 1. The van der Waals surface area contributed by atoms with Gasteiger partial charge in [-0.1, -0.05) is 30.3 Å². The third-order valence-corrected chi connectivity index (χ3v) is 2.97. The molecule has 3 nitrogen and oxygen atoms in total. The van der Waals surface area contributed by atoms with Crippen LogP contribution in [0.4, 0.5) is 0 Å². The van der Waals surface area contributed by atoms with Crippen LogP contribution in [0.3, 0.4) is 0 Å². The highest BCUT2D eigenvalue weighted by atomic mass is 16.5. The van der Waals surface area contributed by atoms with Gasteiger partial charge in [0.1, 0.15) is 5.78 Å². The predicted octanol–water partition coefficient (Wildman–Crippen LogP) is 1.65. The third-order valence-electron chi connectivity index (χ3n) is 2.97. The molecule has 2 atom stereocenters. The van der Waals surface area contributed by atoms with Crippen molar-refractivity contribution in [1.82, 2.24) is 0 Å². The summed E-state index contributed by atoms with van der Waals surface area (Å²) < 4.78 is 5.71. The second-order valence-corrected chi connectivity index (χ2v) is 4.28. The lowest BCUT2D eigenvalue weighted by atomic mass is 9.92. The van der Waals surface area contributed by atoms with E-state index in [0.29, 0.717) is 19.4 Å². The zero-order chi connectivity index (χ0) is 11.4. The Morgan fingerprint density at radius 3 is 2.81 bits per heavy atom. The van der Waals surface area contributed by atoms with Crippen LogP contribution in [0.1, 0.15) is 24.8 Å². The summed E-state index contributed by atoms with van der Waals surface area (Å²) in [6, 6.07) is 9.95. The molecule has 86 valence electrons. The second kappa shape index (κ2) is 5.23. The minimum atomic E-state index is -0.110. The average Bonchev–Trinajstić information content (AvgIpc) is 2.32. The summed E-state index contributed by atoms with van der Waals surface area (Å²) in [5.74, 6) is 0.264. The van der Waals surface area contributed by atoms with Crippen molar-refractivity contribution in [3.05, 3.63) is 35.9 Å². The first-order valence-electron chi connectivity index (χ1n) is 5.68. The zero-order valence-corrected chi connectivity index (χ0v) is 9.26. The molecule has 0 radical (unpaired) electrons. The fourth-order valence-electron chi connectivity index (χ4n) is 1.95. The van der Waals surface area contributed by atoms with Crippen molar-refractivity contribution in [3.8, 4) is 0 Å². The molecule has 0 heterocycles. The Morgan fingerprint density at radius 2 is 2.06 bits per heavy atom. The number of ketones is 1. The van der Waals surface area contributed by atoms with Crippen molar-refractivity contribution in [2.45, 2.75) is 38.0 Å². The maximum Gasteiger partial charge on any atom is 0.135 e. The van der Waals surface area contributed by atoms with Gasteiger partial charge in [0.15, 0.2) is 0 Å². The van der Waals surface area contributed by atoms with Gasteiger partial charge in [-0.05, 0) is 12.0 Å². The van der Waals surface area contributed by atoms with E-state index < -0.39 is 0 Å². The number of benzene rings is 1. The number of Topliss-reactive ketones (excluding diaryl/α,β-unsaturated/α-hetero) is 1. The van der Waals surface area contributed by atoms with Gasteiger partial charge in [0.2, 0.25) is 0 Å². The van der Waals surface area contributed by atoms with E-state index >= 15 is 0 Å². The summed E-state index contributed by atoms with van der Waals surface area (Å²) in [6.07, 6.45) is 1.71. The van der Waals surface area contributed by atoms with E-state index in [1.165, 1.54) is 0 Å². The first-order chi connectivity index (χ1) is 7.75. The lowest BCUT2D eigenvalue weighted by Gasteiger charge is -2.27. The van der Waals surface area contributed by atoms with Crippen molar-refractivity contribution >= 4 is 5.78 Å². The van der Waals surface area contributed by atoms with E-state index in [4.69, 9.17) is 10.5 Å². The number of rotatable bonds is 3. The average molecular weight is 219 g/mol. The molecule has 1 aromatic carbocycles. The van der Waals surface area contributed by atoms with Crippen molar-refractivity contribution in [3.63, 3.8) is 0 Å². The maximum absolute atomic E-state index is 11.3. The van der Waals surface area contributed by atoms with E-state index in [0.717, 1.165) is 12.0 Å². The molecule has 0 amide bonds. The van der Waals surface area contributed by atoms with E-state index in [1.807, 2.05) is 30.3 Å². The van der Waals surface area contributed by atoms with Crippen molar-refractivity contribution in [1.29, 1.82) is 0 Å². The lowest BCUT2D eigenvalue weighted by Crippen LogP contribution is -2.42. The zero-order valence-electron chi connectivity index (χ0n) is 9.26. The van der Waals surface area contributed by atoms with Crippen molar-refractivity contribution < 1.29 is 9.53 Å². The minimum Gasteiger partial charge on any atom is -0.371 e. The molecule has 2 rings (SSSR count). The Bertz CT molecular complexity index is 350. The molecule has 1 fully saturated rings. The largest absolute Gasteiger partial charge is 0.371 e. The maximum atomic E-state index is 11.3. The van der Waals surface area contributed by atoms with Crippen LogP contribution in [0.2, 0.25) is 0 Å². The summed E-state index contributed by atoms with van der Waals surface area (Å²) in [4.78, 5) is 11.3. The molecule has 2 N–H and O–H groups in total. The topological polar surface area (TPSA) is 52.3 Å². The van der Waals surface area contributed by atoms with Gasteiger partial charge in [-0.3, -0.25) is 4.79 Å². The van der Waals surface area contributed by atoms with Crippen LogP contribution in [0.25, 0.3) is 0 Å². The van der Waals surface area contributed by atoms with E-state index in [1.54, 1.807) is 0 Å². The van der Waals surface area contributed by atoms with Crippen LogP contribution in [-0.2, 0) is 16.1 Å². The predicted molar refractivity (Wildman–Crippen MR) is 61.9 cm³/mol. The summed E-state index contributed by atoms with van der Waals surface area (Å²) in [6.45, 7) is 0.534. The Hall–Kier alpha value is -1.19. The molecule has 1 aliphatic rings. The molecule has 0 aliphatic heterocycles. The normalized spacial score (nSPS) is 25.7. The number of carbonyl (C=O) groups is 1. The first kappa shape index (κ1) is 11.3. The van der Waals surface area contributed by atoms with Crippen LogP contribution >= 0.6 is 0 Å². The Morgan fingerprint density at radius 1 is 1.31 bits per heavy atom. The molecule has 0 spiro atoms. The molecule has 16 heavy (non-hydrogen) atoms. The number of hydrogen-bond acceptors (Lipinski definition) is 3. The molecule has 2 unspecified atom stereocenters. The van der Waals surface area contributed by atoms with Crippen molar-refractivity contribution in [2.24, 2.45) is 5.73 Å². The highest BCUT2D eigenvalue weighted by Crippen LogP contribution is 2.18. The van der Waals surface area contributed by atoms with Crippen LogP contribution < -0.4 is 5.73 Å². The van der Waals surface area contributed by atoms with E-state index in [9.17, 15) is 4.79 Å². The highest BCUT2D eigenvalue weighted by molar-refractivity contribution is 5.79. The third kappa shape index (κ3) is 2.90. The van der Waals surface area contributed by atoms with Crippen LogP contribution in [-0.4, -0.2) is 17.9 Å². The Kier molecular flexibility index (Phi) is 3.70. The SMILES string of the molecule is NC1CCC(=O)CC1OCc1ccccc1.